The second kappa shape index (κ2) is 8.99. The van der Waals surface area contributed by atoms with Crippen molar-refractivity contribution in [2.75, 3.05) is 24.6 Å². The number of aromatic nitrogens is 3. The Morgan fingerprint density at radius 2 is 2.13 bits per heavy atom. The van der Waals surface area contributed by atoms with Gasteiger partial charge >= 0.3 is 0 Å². The normalized spacial score (nSPS) is 20.3. The Balaban J connectivity index is 1.44. The van der Waals surface area contributed by atoms with Crippen LogP contribution in [0.3, 0.4) is 0 Å². The fraction of sp³-hybridized carbons (Fsp3) is 0.381. The molecule has 0 spiro atoms. The van der Waals surface area contributed by atoms with Gasteiger partial charge in [-0.25, -0.2) is 9.97 Å². The van der Waals surface area contributed by atoms with Crippen molar-refractivity contribution in [2.24, 2.45) is 11.7 Å². The van der Waals surface area contributed by atoms with E-state index in [0.29, 0.717) is 31.0 Å². The molecule has 1 aromatic carbocycles. The van der Waals surface area contributed by atoms with E-state index < -0.39 is 0 Å². The summed E-state index contributed by atoms with van der Waals surface area (Å²) < 4.78 is 0. The molecular weight excluding hydrogens is 404 g/mol. The van der Waals surface area contributed by atoms with Crippen LogP contribution >= 0.6 is 11.6 Å². The first-order valence-electron chi connectivity index (χ1n) is 10.0. The van der Waals surface area contributed by atoms with Crippen LogP contribution in [0.4, 0.5) is 5.82 Å². The van der Waals surface area contributed by atoms with Crippen LogP contribution in [0.2, 0.25) is 5.02 Å². The molecule has 1 fully saturated rings. The number of aromatic amines is 1. The van der Waals surface area contributed by atoms with Gasteiger partial charge in [0.05, 0.1) is 17.3 Å². The van der Waals surface area contributed by atoms with E-state index in [-0.39, 0.29) is 30.5 Å². The highest BCUT2D eigenvalue weighted by atomic mass is 35.5. The molecule has 0 bridgehead atoms. The van der Waals surface area contributed by atoms with Crippen LogP contribution in [0.25, 0.3) is 11.0 Å². The van der Waals surface area contributed by atoms with Gasteiger partial charge in [-0.15, -0.1) is 0 Å². The van der Waals surface area contributed by atoms with E-state index in [9.17, 15) is 9.90 Å². The fourth-order valence-corrected chi connectivity index (χ4v) is 4.16. The molecule has 1 amide bonds. The molecular formula is C21H25ClN6O2. The van der Waals surface area contributed by atoms with Gasteiger partial charge in [-0.1, -0.05) is 23.7 Å². The van der Waals surface area contributed by atoms with E-state index in [1.807, 2.05) is 24.4 Å². The molecule has 158 valence electrons. The monoisotopic (exact) mass is 428 g/mol. The quantitative estimate of drug-likeness (QED) is 0.476. The molecule has 3 atom stereocenters. The third-order valence-electron chi connectivity index (χ3n) is 5.63. The number of halogens is 1. The largest absolute Gasteiger partial charge is 0.396 e. The maximum atomic E-state index is 13.0. The molecule has 1 aliphatic heterocycles. The van der Waals surface area contributed by atoms with E-state index in [0.717, 1.165) is 22.4 Å². The summed E-state index contributed by atoms with van der Waals surface area (Å²) in [5, 5.41) is 14.1. The number of hydrogen-bond donors (Lipinski definition) is 4. The Labute approximate surface area is 179 Å². The number of aliphatic hydroxyl groups is 1. The summed E-state index contributed by atoms with van der Waals surface area (Å²) in [5.74, 6) is 0.429. The Kier molecular flexibility index (Phi) is 6.17. The number of carbonyl (C=O) groups excluding carboxylic acids is 1. The summed E-state index contributed by atoms with van der Waals surface area (Å²) in [6.45, 7) is 1.17. The number of nitrogens with two attached hydrogens (primary N) is 1. The van der Waals surface area contributed by atoms with Gasteiger partial charge in [-0.2, -0.15) is 0 Å². The number of amides is 1. The van der Waals surface area contributed by atoms with Crippen molar-refractivity contribution < 1.29 is 9.90 Å². The first kappa shape index (κ1) is 20.6. The Morgan fingerprint density at radius 1 is 1.33 bits per heavy atom. The van der Waals surface area contributed by atoms with Crippen molar-refractivity contribution in [3.63, 3.8) is 0 Å². The lowest BCUT2D eigenvalue weighted by molar-refractivity contribution is -0.126. The Hall–Kier alpha value is -2.68. The molecule has 1 aliphatic rings. The summed E-state index contributed by atoms with van der Waals surface area (Å²) in [7, 11) is 0. The minimum absolute atomic E-state index is 0.0293. The average Bonchev–Trinajstić information content (AvgIpc) is 3.23. The molecule has 2 aromatic heterocycles. The first-order valence-corrected chi connectivity index (χ1v) is 10.4. The number of rotatable bonds is 6. The maximum Gasteiger partial charge on any atom is 0.225 e. The highest BCUT2D eigenvalue weighted by Crippen LogP contribution is 2.27. The standard InChI is InChI=1S/C21H25ClN6O2/c22-14-3-1-13(2-4-14)18(7-10-29)27-21(30)15-6-9-28(11-17(15)23)20-16-5-8-24-19(16)25-12-26-20/h1-5,8,12,15,17-18,29H,6-7,9-11,23H2,(H,27,30)(H,24,25,26). The molecule has 0 saturated carbocycles. The summed E-state index contributed by atoms with van der Waals surface area (Å²) >= 11 is 5.96. The number of H-pyrrole nitrogens is 1. The van der Waals surface area contributed by atoms with Crippen LogP contribution in [0.5, 0.6) is 0 Å². The van der Waals surface area contributed by atoms with Gasteiger partial charge in [-0.05, 0) is 36.6 Å². The number of nitrogens with one attached hydrogen (secondary N) is 2. The fourth-order valence-electron chi connectivity index (χ4n) is 4.04. The first-order chi connectivity index (χ1) is 14.6. The third kappa shape index (κ3) is 4.26. The molecule has 30 heavy (non-hydrogen) atoms. The predicted octanol–water partition coefficient (Wildman–Crippen LogP) is 2.00. The highest BCUT2D eigenvalue weighted by molar-refractivity contribution is 6.30. The van der Waals surface area contributed by atoms with E-state index in [4.69, 9.17) is 17.3 Å². The van der Waals surface area contributed by atoms with Gasteiger partial charge in [0.15, 0.2) is 0 Å². The zero-order valence-electron chi connectivity index (χ0n) is 16.5. The number of nitrogens with zero attached hydrogens (tertiary/aromatic N) is 3. The van der Waals surface area contributed by atoms with Crippen molar-refractivity contribution in [3.8, 4) is 0 Å². The van der Waals surface area contributed by atoms with E-state index in [1.54, 1.807) is 12.1 Å². The number of aliphatic hydroxyl groups excluding tert-OH is 1. The molecule has 3 aromatic rings. The predicted molar refractivity (Wildman–Crippen MR) is 116 cm³/mol. The number of fused-ring (bicyclic) bond motifs is 1. The topological polar surface area (TPSA) is 120 Å². The molecule has 8 nitrogen and oxygen atoms in total. The number of benzene rings is 1. The molecule has 5 N–H and O–H groups in total. The van der Waals surface area contributed by atoms with Crippen LogP contribution in [0, 0.1) is 5.92 Å². The van der Waals surface area contributed by atoms with Crippen molar-refractivity contribution >= 4 is 34.4 Å². The minimum Gasteiger partial charge on any atom is -0.396 e. The van der Waals surface area contributed by atoms with E-state index in [1.165, 1.54) is 6.33 Å². The van der Waals surface area contributed by atoms with Gasteiger partial charge in [0.25, 0.3) is 0 Å². The highest BCUT2D eigenvalue weighted by Gasteiger charge is 2.34. The van der Waals surface area contributed by atoms with Crippen molar-refractivity contribution in [3.05, 3.63) is 53.4 Å². The second-order valence-electron chi connectivity index (χ2n) is 7.57. The van der Waals surface area contributed by atoms with Gasteiger partial charge in [0, 0.05) is 37.0 Å². The Bertz CT molecular complexity index is 1010. The molecule has 1 saturated heterocycles. The van der Waals surface area contributed by atoms with Gasteiger partial charge in [-0.3, -0.25) is 4.79 Å². The third-order valence-corrected chi connectivity index (χ3v) is 5.89. The zero-order chi connectivity index (χ0) is 21.1. The second-order valence-corrected chi connectivity index (χ2v) is 8.00. The average molecular weight is 429 g/mol. The molecule has 4 rings (SSSR count). The summed E-state index contributed by atoms with van der Waals surface area (Å²) in [6, 6.07) is 8.61. The van der Waals surface area contributed by atoms with Crippen LogP contribution < -0.4 is 16.0 Å². The smallest absolute Gasteiger partial charge is 0.225 e. The molecule has 3 heterocycles. The number of anilines is 1. The van der Waals surface area contributed by atoms with Crippen molar-refractivity contribution in [1.29, 1.82) is 0 Å². The van der Waals surface area contributed by atoms with Gasteiger partial charge < -0.3 is 26.0 Å². The lowest BCUT2D eigenvalue weighted by Gasteiger charge is -2.37. The van der Waals surface area contributed by atoms with Crippen molar-refractivity contribution in [2.45, 2.75) is 24.9 Å². The van der Waals surface area contributed by atoms with E-state index >= 15 is 0 Å². The maximum absolute atomic E-state index is 13.0. The number of carbonyl (C=O) groups is 1. The van der Waals surface area contributed by atoms with Crippen LogP contribution in [0.1, 0.15) is 24.4 Å². The summed E-state index contributed by atoms with van der Waals surface area (Å²) in [4.78, 5) is 26.8. The van der Waals surface area contributed by atoms with Crippen LogP contribution in [0.15, 0.2) is 42.9 Å². The summed E-state index contributed by atoms with van der Waals surface area (Å²) in [5.41, 5.74) is 8.10. The van der Waals surface area contributed by atoms with Crippen LogP contribution in [-0.2, 0) is 4.79 Å². The van der Waals surface area contributed by atoms with Crippen LogP contribution in [-0.4, -0.2) is 51.7 Å². The lowest BCUT2D eigenvalue weighted by atomic mass is 9.90. The lowest BCUT2D eigenvalue weighted by Crippen LogP contribution is -2.54. The molecule has 9 heteroatoms. The van der Waals surface area contributed by atoms with Crippen molar-refractivity contribution in [1.82, 2.24) is 20.3 Å². The molecule has 0 aliphatic carbocycles. The number of hydrogen-bond acceptors (Lipinski definition) is 6. The SMILES string of the molecule is NC1CN(c2ncnc3[nH]ccc23)CCC1C(=O)NC(CCO)c1ccc(Cl)cc1. The zero-order valence-corrected chi connectivity index (χ0v) is 17.2. The molecule has 3 unspecified atom stereocenters. The summed E-state index contributed by atoms with van der Waals surface area (Å²) in [6.07, 6.45) is 4.41. The number of piperidine rings is 1. The minimum atomic E-state index is -0.331. The van der Waals surface area contributed by atoms with E-state index in [2.05, 4.69) is 25.2 Å². The van der Waals surface area contributed by atoms with Gasteiger partial charge in [0.2, 0.25) is 5.91 Å². The van der Waals surface area contributed by atoms with Gasteiger partial charge in [0.1, 0.15) is 17.8 Å². The molecule has 0 radical (unpaired) electrons. The Morgan fingerprint density at radius 3 is 2.87 bits per heavy atom.